The molecule has 6 nitrogen and oxygen atoms in total. The Balaban J connectivity index is 2.33. The molecule has 0 spiro atoms. The summed E-state index contributed by atoms with van der Waals surface area (Å²) in [7, 11) is -3.74. The van der Waals surface area contributed by atoms with Gasteiger partial charge in [0.2, 0.25) is 15.9 Å². The van der Waals surface area contributed by atoms with Crippen molar-refractivity contribution >= 4 is 27.3 Å². The monoisotopic (exact) mass is 357 g/mol. The van der Waals surface area contributed by atoms with Crippen LogP contribution in [0.5, 0.6) is 0 Å². The molecule has 0 unspecified atom stereocenters. The highest BCUT2D eigenvalue weighted by Crippen LogP contribution is 2.23. The summed E-state index contributed by atoms with van der Waals surface area (Å²) < 4.78 is 25.3. The number of hydrogen-bond acceptors (Lipinski definition) is 4. The van der Waals surface area contributed by atoms with Gasteiger partial charge in [-0.15, -0.1) is 0 Å². The topological polar surface area (TPSA) is 90.3 Å². The van der Waals surface area contributed by atoms with Crippen molar-refractivity contribution in [2.75, 3.05) is 22.4 Å². The number of amides is 1. The van der Waals surface area contributed by atoms with Gasteiger partial charge in [0, 0.05) is 5.69 Å². The second-order valence-corrected chi connectivity index (χ2v) is 7.62. The van der Waals surface area contributed by atoms with Crippen LogP contribution in [0.3, 0.4) is 0 Å². The van der Waals surface area contributed by atoms with Crippen molar-refractivity contribution in [3.05, 3.63) is 59.2 Å². The van der Waals surface area contributed by atoms with Crippen molar-refractivity contribution in [2.45, 2.75) is 13.8 Å². The molecule has 0 aliphatic rings. The summed E-state index contributed by atoms with van der Waals surface area (Å²) in [6.07, 6.45) is 1.01. The summed E-state index contributed by atoms with van der Waals surface area (Å²) in [5.74, 6) is -0.476. The highest BCUT2D eigenvalue weighted by Gasteiger charge is 2.23. The third-order valence-corrected chi connectivity index (χ3v) is 4.85. The predicted octanol–water partition coefficient (Wildman–Crippen LogP) is 2.58. The maximum Gasteiger partial charge on any atom is 0.245 e. The summed E-state index contributed by atoms with van der Waals surface area (Å²) in [6, 6.07) is 13.8. The maximum atomic E-state index is 12.4. The molecule has 0 aliphatic heterocycles. The van der Waals surface area contributed by atoms with Gasteiger partial charge < -0.3 is 5.32 Å². The summed E-state index contributed by atoms with van der Waals surface area (Å²) in [6.45, 7) is 3.31. The molecule has 2 aromatic carbocycles. The van der Waals surface area contributed by atoms with Crippen LogP contribution in [0.2, 0.25) is 0 Å². The predicted molar refractivity (Wildman–Crippen MR) is 97.9 cm³/mol. The molecule has 0 aliphatic carbocycles. The first-order chi connectivity index (χ1) is 11.7. The van der Waals surface area contributed by atoms with Crippen LogP contribution in [0.1, 0.15) is 16.7 Å². The maximum absolute atomic E-state index is 12.4. The summed E-state index contributed by atoms with van der Waals surface area (Å²) >= 11 is 0. The molecule has 0 atom stereocenters. The minimum Gasteiger partial charge on any atom is -0.324 e. The number of aryl methyl sites for hydroxylation is 2. The van der Waals surface area contributed by atoms with E-state index in [9.17, 15) is 18.5 Å². The molecule has 1 N–H and O–H groups in total. The van der Waals surface area contributed by atoms with Crippen LogP contribution < -0.4 is 9.62 Å². The fourth-order valence-electron chi connectivity index (χ4n) is 2.49. The number of carbonyl (C=O) groups excluding carboxylic acids is 1. The number of sulfonamides is 1. The third kappa shape index (κ3) is 4.37. The number of carbonyl (C=O) groups is 1. The van der Waals surface area contributed by atoms with Gasteiger partial charge in [-0.1, -0.05) is 30.3 Å². The van der Waals surface area contributed by atoms with Crippen molar-refractivity contribution in [1.29, 1.82) is 5.26 Å². The van der Waals surface area contributed by atoms with Gasteiger partial charge in [0.05, 0.1) is 17.5 Å². The van der Waals surface area contributed by atoms with Crippen LogP contribution in [0.15, 0.2) is 42.5 Å². The Morgan fingerprint density at radius 2 is 1.72 bits per heavy atom. The molecule has 2 aromatic rings. The standard InChI is InChI=1S/C18H19N3O3S/c1-13-7-6-8-14(2)18(13)20-17(22)12-21(25(3,23)24)16-10-5-4-9-15(16)11-19/h4-10H,12H2,1-3H3,(H,20,22). The van der Waals surface area contributed by atoms with Crippen LogP contribution in [0.4, 0.5) is 11.4 Å². The van der Waals surface area contributed by atoms with E-state index in [4.69, 9.17) is 0 Å². The highest BCUT2D eigenvalue weighted by molar-refractivity contribution is 7.92. The van der Waals surface area contributed by atoms with Crippen LogP contribution in [-0.2, 0) is 14.8 Å². The van der Waals surface area contributed by atoms with E-state index in [1.165, 1.54) is 12.1 Å². The van der Waals surface area contributed by atoms with Crippen molar-refractivity contribution in [3.63, 3.8) is 0 Å². The SMILES string of the molecule is Cc1cccc(C)c1NC(=O)CN(c1ccccc1C#N)S(C)(=O)=O. The lowest BCUT2D eigenvalue weighted by Crippen LogP contribution is -2.38. The van der Waals surface area contributed by atoms with Gasteiger partial charge in [-0.2, -0.15) is 5.26 Å². The van der Waals surface area contributed by atoms with Crippen LogP contribution in [0, 0.1) is 25.2 Å². The van der Waals surface area contributed by atoms with Gasteiger partial charge in [-0.3, -0.25) is 9.10 Å². The minimum absolute atomic E-state index is 0.184. The van der Waals surface area contributed by atoms with Crippen molar-refractivity contribution < 1.29 is 13.2 Å². The molecule has 0 aromatic heterocycles. The van der Waals surface area contributed by atoms with Crippen LogP contribution >= 0.6 is 0 Å². The number of anilines is 2. The van der Waals surface area contributed by atoms with Crippen LogP contribution in [0.25, 0.3) is 0 Å². The van der Waals surface area contributed by atoms with Crippen molar-refractivity contribution in [1.82, 2.24) is 0 Å². The van der Waals surface area contributed by atoms with E-state index in [2.05, 4.69) is 5.32 Å². The third-order valence-electron chi connectivity index (χ3n) is 3.73. The number of nitrogens with zero attached hydrogens (tertiary/aromatic N) is 2. The van der Waals surface area contributed by atoms with Gasteiger partial charge in [0.1, 0.15) is 12.6 Å². The summed E-state index contributed by atoms with van der Waals surface area (Å²) in [5, 5.41) is 12.0. The molecule has 7 heteroatoms. The molecule has 0 saturated carbocycles. The van der Waals surface area contributed by atoms with E-state index in [0.29, 0.717) is 5.69 Å². The second kappa shape index (κ2) is 7.36. The minimum atomic E-state index is -3.74. The Bertz CT molecular complexity index is 926. The van der Waals surface area contributed by atoms with Gasteiger partial charge in [-0.05, 0) is 37.1 Å². The average molecular weight is 357 g/mol. The highest BCUT2D eigenvalue weighted by atomic mass is 32.2. The Morgan fingerprint density at radius 3 is 2.28 bits per heavy atom. The van der Waals surface area contributed by atoms with Gasteiger partial charge >= 0.3 is 0 Å². The van der Waals surface area contributed by atoms with E-state index >= 15 is 0 Å². The molecule has 2 rings (SSSR count). The smallest absolute Gasteiger partial charge is 0.245 e. The van der Waals surface area contributed by atoms with Gasteiger partial charge in [0.15, 0.2) is 0 Å². The molecule has 0 bridgehead atoms. The molecule has 25 heavy (non-hydrogen) atoms. The number of nitrogens with one attached hydrogen (secondary N) is 1. The zero-order chi connectivity index (χ0) is 18.6. The summed E-state index contributed by atoms with van der Waals surface area (Å²) in [5.41, 5.74) is 2.81. The second-order valence-electron chi connectivity index (χ2n) is 5.71. The van der Waals surface area contributed by atoms with E-state index in [1.54, 1.807) is 12.1 Å². The molecule has 1 amide bonds. The lowest BCUT2D eigenvalue weighted by atomic mass is 10.1. The number of nitriles is 1. The van der Waals surface area contributed by atoms with Crippen LogP contribution in [-0.4, -0.2) is 27.1 Å². The zero-order valence-electron chi connectivity index (χ0n) is 14.3. The van der Waals surface area contributed by atoms with E-state index < -0.39 is 22.5 Å². The fraction of sp³-hybridized carbons (Fsp3) is 0.222. The van der Waals surface area contributed by atoms with Gasteiger partial charge in [-0.25, -0.2) is 8.42 Å². The average Bonchev–Trinajstić information content (AvgIpc) is 2.55. The lowest BCUT2D eigenvalue weighted by Gasteiger charge is -2.23. The fourth-order valence-corrected chi connectivity index (χ4v) is 3.36. The molecule has 130 valence electrons. The first kappa shape index (κ1) is 18.5. The Hall–Kier alpha value is -2.85. The molecule has 0 fully saturated rings. The number of rotatable bonds is 5. The first-order valence-corrected chi connectivity index (χ1v) is 9.41. The number of hydrogen-bond donors (Lipinski definition) is 1. The quantitative estimate of drug-likeness (QED) is 0.890. The molecule has 0 radical (unpaired) electrons. The number of benzene rings is 2. The first-order valence-electron chi connectivity index (χ1n) is 7.57. The Labute approximate surface area is 147 Å². The number of para-hydroxylation sites is 2. The Kier molecular flexibility index (Phi) is 5.45. The van der Waals surface area contributed by atoms with E-state index in [1.807, 2.05) is 38.1 Å². The van der Waals surface area contributed by atoms with E-state index in [-0.39, 0.29) is 11.3 Å². The van der Waals surface area contributed by atoms with Crippen molar-refractivity contribution in [2.24, 2.45) is 0 Å². The zero-order valence-corrected chi connectivity index (χ0v) is 15.1. The summed E-state index contributed by atoms with van der Waals surface area (Å²) in [4.78, 5) is 12.4. The lowest BCUT2D eigenvalue weighted by molar-refractivity contribution is -0.114. The molecule has 0 saturated heterocycles. The van der Waals surface area contributed by atoms with Gasteiger partial charge in [0.25, 0.3) is 0 Å². The Morgan fingerprint density at radius 1 is 1.12 bits per heavy atom. The molecular formula is C18H19N3O3S. The largest absolute Gasteiger partial charge is 0.324 e. The molecular weight excluding hydrogens is 338 g/mol. The normalized spacial score (nSPS) is 10.8. The van der Waals surface area contributed by atoms with E-state index in [0.717, 1.165) is 21.7 Å². The van der Waals surface area contributed by atoms with Crippen molar-refractivity contribution in [3.8, 4) is 6.07 Å². The molecule has 0 heterocycles.